The summed E-state index contributed by atoms with van der Waals surface area (Å²) in [6, 6.07) is 1.05. The van der Waals surface area contributed by atoms with Gasteiger partial charge in [-0.05, 0) is 36.9 Å². The van der Waals surface area contributed by atoms with Gasteiger partial charge in [-0.1, -0.05) is 13.8 Å². The lowest BCUT2D eigenvalue weighted by Gasteiger charge is -2.38. The van der Waals surface area contributed by atoms with Gasteiger partial charge in [0.1, 0.15) is 0 Å². The van der Waals surface area contributed by atoms with Crippen LogP contribution in [0, 0.1) is 5.41 Å². The van der Waals surface area contributed by atoms with Crippen LogP contribution in [0.15, 0.2) is 6.20 Å². The van der Waals surface area contributed by atoms with Crippen molar-refractivity contribution < 1.29 is 5.11 Å². The van der Waals surface area contributed by atoms with Crippen LogP contribution in [0.25, 0.3) is 0 Å². The second-order valence-corrected chi connectivity index (χ2v) is 8.22. The van der Waals surface area contributed by atoms with E-state index in [1.165, 1.54) is 42.0 Å². The Balaban J connectivity index is 1.70. The van der Waals surface area contributed by atoms with E-state index in [4.69, 9.17) is 5.11 Å². The standard InChI is InChI=1S/C16H27N3OS/c1-16(2)8-12(10-21-11-16)18-14-4-3-5-15-13(14)9-17-19(15)6-7-20/h9,12,14,18,20H,3-8,10-11H2,1-2H3. The van der Waals surface area contributed by atoms with E-state index in [-0.39, 0.29) is 6.61 Å². The molecule has 2 atom stereocenters. The van der Waals surface area contributed by atoms with Crippen molar-refractivity contribution in [2.75, 3.05) is 18.1 Å². The molecule has 0 bridgehead atoms. The molecular formula is C16H27N3OS. The highest BCUT2D eigenvalue weighted by molar-refractivity contribution is 7.99. The van der Waals surface area contributed by atoms with Crippen LogP contribution < -0.4 is 5.32 Å². The third kappa shape index (κ3) is 3.46. The van der Waals surface area contributed by atoms with Crippen LogP contribution in [0.4, 0.5) is 0 Å². The highest BCUT2D eigenvalue weighted by atomic mass is 32.2. The molecule has 0 aromatic carbocycles. The van der Waals surface area contributed by atoms with E-state index >= 15 is 0 Å². The molecule has 2 N–H and O–H groups in total. The maximum atomic E-state index is 9.14. The van der Waals surface area contributed by atoms with Crippen LogP contribution in [-0.4, -0.2) is 39.0 Å². The van der Waals surface area contributed by atoms with Gasteiger partial charge in [-0.2, -0.15) is 16.9 Å². The Hall–Kier alpha value is -0.520. The zero-order chi connectivity index (χ0) is 14.9. The molecule has 1 fully saturated rings. The third-order valence-electron chi connectivity index (χ3n) is 4.62. The van der Waals surface area contributed by atoms with Crippen molar-refractivity contribution in [2.24, 2.45) is 5.41 Å². The van der Waals surface area contributed by atoms with Gasteiger partial charge in [0, 0.05) is 29.1 Å². The Morgan fingerprint density at radius 1 is 1.52 bits per heavy atom. The molecule has 4 nitrogen and oxygen atoms in total. The van der Waals surface area contributed by atoms with Crippen molar-refractivity contribution >= 4 is 11.8 Å². The van der Waals surface area contributed by atoms with Gasteiger partial charge >= 0.3 is 0 Å². The van der Waals surface area contributed by atoms with Gasteiger partial charge in [-0.25, -0.2) is 0 Å². The summed E-state index contributed by atoms with van der Waals surface area (Å²) in [5.74, 6) is 2.50. The van der Waals surface area contributed by atoms with Crippen molar-refractivity contribution in [1.29, 1.82) is 0 Å². The zero-order valence-electron chi connectivity index (χ0n) is 13.1. The Bertz CT molecular complexity index is 486. The van der Waals surface area contributed by atoms with Crippen molar-refractivity contribution in [2.45, 2.75) is 58.2 Å². The number of fused-ring (bicyclic) bond motifs is 1. The normalized spacial score (nSPS) is 28.3. The Morgan fingerprint density at radius 3 is 3.14 bits per heavy atom. The largest absolute Gasteiger partial charge is 0.394 e. The minimum atomic E-state index is 0.166. The molecule has 21 heavy (non-hydrogen) atoms. The molecule has 2 aliphatic rings. The SMILES string of the molecule is CC1(C)CSCC(NC2CCCc3c2cnn3CCO)C1. The number of rotatable bonds is 4. The number of nitrogens with one attached hydrogen (secondary N) is 1. The van der Waals surface area contributed by atoms with E-state index in [9.17, 15) is 0 Å². The van der Waals surface area contributed by atoms with E-state index in [2.05, 4.69) is 36.0 Å². The fraction of sp³-hybridized carbons (Fsp3) is 0.812. The molecule has 1 saturated heterocycles. The fourth-order valence-corrected chi connectivity index (χ4v) is 5.02. The van der Waals surface area contributed by atoms with Gasteiger partial charge in [0.05, 0.1) is 19.3 Å². The quantitative estimate of drug-likeness (QED) is 0.896. The molecule has 5 heteroatoms. The van der Waals surface area contributed by atoms with Crippen LogP contribution in [-0.2, 0) is 13.0 Å². The lowest BCUT2D eigenvalue weighted by molar-refractivity contribution is 0.265. The minimum absolute atomic E-state index is 0.166. The molecule has 1 aliphatic carbocycles. The number of aliphatic hydroxyl groups excluding tert-OH is 1. The van der Waals surface area contributed by atoms with Gasteiger partial charge in [0.2, 0.25) is 0 Å². The topological polar surface area (TPSA) is 50.1 Å². The number of aliphatic hydroxyl groups is 1. The van der Waals surface area contributed by atoms with Crippen LogP contribution >= 0.6 is 11.8 Å². The predicted molar refractivity (Wildman–Crippen MR) is 87.6 cm³/mol. The van der Waals surface area contributed by atoms with E-state index in [0.717, 1.165) is 6.42 Å². The van der Waals surface area contributed by atoms with Crippen LogP contribution in [0.2, 0.25) is 0 Å². The van der Waals surface area contributed by atoms with E-state index in [1.807, 2.05) is 10.9 Å². The molecule has 3 rings (SSSR count). The van der Waals surface area contributed by atoms with E-state index in [0.29, 0.717) is 24.0 Å². The molecule has 0 spiro atoms. The molecular weight excluding hydrogens is 282 g/mol. The Morgan fingerprint density at radius 2 is 2.38 bits per heavy atom. The molecule has 0 amide bonds. The van der Waals surface area contributed by atoms with Crippen LogP contribution in [0.1, 0.15) is 50.4 Å². The summed E-state index contributed by atoms with van der Waals surface area (Å²) in [7, 11) is 0. The summed E-state index contributed by atoms with van der Waals surface area (Å²) in [6.45, 7) is 5.53. The number of hydrogen-bond acceptors (Lipinski definition) is 4. The van der Waals surface area contributed by atoms with Crippen molar-refractivity contribution in [3.63, 3.8) is 0 Å². The van der Waals surface area contributed by atoms with Gasteiger partial charge < -0.3 is 10.4 Å². The average molecular weight is 309 g/mol. The molecule has 1 aromatic rings. The highest BCUT2D eigenvalue weighted by Gasteiger charge is 2.32. The first-order valence-corrected chi connectivity index (χ1v) is 9.24. The van der Waals surface area contributed by atoms with Gasteiger partial charge in [0.15, 0.2) is 0 Å². The van der Waals surface area contributed by atoms with Crippen LogP contribution in [0.3, 0.4) is 0 Å². The zero-order valence-corrected chi connectivity index (χ0v) is 14.0. The van der Waals surface area contributed by atoms with Crippen molar-refractivity contribution in [3.05, 3.63) is 17.5 Å². The summed E-state index contributed by atoms with van der Waals surface area (Å²) >= 11 is 2.08. The summed E-state index contributed by atoms with van der Waals surface area (Å²) in [4.78, 5) is 0. The van der Waals surface area contributed by atoms with Gasteiger partial charge in [-0.15, -0.1) is 0 Å². The summed E-state index contributed by atoms with van der Waals surface area (Å²) in [6.07, 6.45) is 6.79. The summed E-state index contributed by atoms with van der Waals surface area (Å²) < 4.78 is 1.99. The first kappa shape index (κ1) is 15.4. The predicted octanol–water partition coefficient (Wildman–Crippen LogP) is 2.37. The molecule has 118 valence electrons. The Kier molecular flexibility index (Phi) is 4.62. The second kappa shape index (κ2) is 6.31. The third-order valence-corrected chi connectivity index (χ3v) is 6.25. The number of nitrogens with zero attached hydrogens (tertiary/aromatic N) is 2. The molecule has 0 radical (unpaired) electrons. The first-order chi connectivity index (χ1) is 10.1. The van der Waals surface area contributed by atoms with Crippen LogP contribution in [0.5, 0.6) is 0 Å². The highest BCUT2D eigenvalue weighted by Crippen LogP contribution is 2.36. The van der Waals surface area contributed by atoms with Crippen molar-refractivity contribution in [1.82, 2.24) is 15.1 Å². The summed E-state index contributed by atoms with van der Waals surface area (Å²) in [5, 5.41) is 17.5. The lowest BCUT2D eigenvalue weighted by Crippen LogP contribution is -2.42. The Labute approximate surface area is 131 Å². The average Bonchev–Trinajstić information content (AvgIpc) is 2.83. The molecule has 1 aromatic heterocycles. The van der Waals surface area contributed by atoms with Gasteiger partial charge in [-0.3, -0.25) is 4.68 Å². The van der Waals surface area contributed by atoms with Crippen molar-refractivity contribution in [3.8, 4) is 0 Å². The molecule has 1 aliphatic heterocycles. The number of thioether (sulfide) groups is 1. The van der Waals surface area contributed by atoms with E-state index in [1.54, 1.807) is 0 Å². The molecule has 0 saturated carbocycles. The fourth-order valence-electron chi connectivity index (χ4n) is 3.73. The monoisotopic (exact) mass is 309 g/mol. The smallest absolute Gasteiger partial charge is 0.0644 e. The second-order valence-electron chi connectivity index (χ2n) is 7.19. The number of aromatic nitrogens is 2. The maximum absolute atomic E-state index is 9.14. The first-order valence-electron chi connectivity index (χ1n) is 8.08. The minimum Gasteiger partial charge on any atom is -0.394 e. The molecule has 2 heterocycles. The van der Waals surface area contributed by atoms with E-state index < -0.39 is 0 Å². The van der Waals surface area contributed by atoms with Gasteiger partial charge in [0.25, 0.3) is 0 Å². The molecule has 2 unspecified atom stereocenters. The summed E-state index contributed by atoms with van der Waals surface area (Å²) in [5.41, 5.74) is 3.14. The lowest BCUT2D eigenvalue weighted by atomic mass is 9.86. The number of hydrogen-bond donors (Lipinski definition) is 2. The maximum Gasteiger partial charge on any atom is 0.0644 e.